The zero-order chi connectivity index (χ0) is 12.1. The molecule has 0 atom stereocenters. The maximum absolute atomic E-state index is 12.0. The molecule has 0 radical (unpaired) electrons. The molecule has 90 valence electrons. The summed E-state index contributed by atoms with van der Waals surface area (Å²) in [5.74, 6) is 0.351. The molecule has 0 saturated carbocycles. The van der Waals surface area contributed by atoms with Gasteiger partial charge in [-0.05, 0) is 38.2 Å². The summed E-state index contributed by atoms with van der Waals surface area (Å²) in [5, 5.41) is 0. The van der Waals surface area contributed by atoms with E-state index in [9.17, 15) is 4.79 Å². The van der Waals surface area contributed by atoms with E-state index in [0.29, 0.717) is 18.6 Å². The van der Waals surface area contributed by atoms with Gasteiger partial charge in [-0.1, -0.05) is 41.5 Å². The first kappa shape index (κ1) is 12.1. The minimum atomic E-state index is 0.351. The standard InChI is InChI=1S/C16H20O/c1-13-6-5-9-15(10-13)12-16(17)11-14-7-3-2-4-8-14/h5-7,9-10H,2-4,8,11-12H2,1H3. The summed E-state index contributed by atoms with van der Waals surface area (Å²) in [6.07, 6.45) is 8.33. The second-order valence-corrected chi connectivity index (χ2v) is 4.99. The van der Waals surface area contributed by atoms with Gasteiger partial charge in [0.2, 0.25) is 0 Å². The van der Waals surface area contributed by atoms with Gasteiger partial charge in [-0.3, -0.25) is 4.79 Å². The zero-order valence-electron chi connectivity index (χ0n) is 10.5. The lowest BCUT2D eigenvalue weighted by Gasteiger charge is -2.11. The van der Waals surface area contributed by atoms with E-state index in [1.807, 2.05) is 12.1 Å². The molecular formula is C16H20O. The smallest absolute Gasteiger partial charge is 0.141 e. The van der Waals surface area contributed by atoms with E-state index in [0.717, 1.165) is 18.4 Å². The third-order valence-electron chi connectivity index (χ3n) is 3.29. The Morgan fingerprint density at radius 3 is 2.82 bits per heavy atom. The molecule has 0 saturated heterocycles. The molecule has 17 heavy (non-hydrogen) atoms. The van der Waals surface area contributed by atoms with Crippen molar-refractivity contribution in [2.24, 2.45) is 0 Å². The van der Waals surface area contributed by atoms with Crippen LogP contribution in [0.5, 0.6) is 0 Å². The molecule has 2 rings (SSSR count). The molecule has 1 aromatic rings. The van der Waals surface area contributed by atoms with Crippen molar-refractivity contribution in [3.63, 3.8) is 0 Å². The van der Waals surface area contributed by atoms with E-state index in [-0.39, 0.29) is 0 Å². The molecule has 0 unspecified atom stereocenters. The lowest BCUT2D eigenvalue weighted by molar-refractivity contribution is -0.117. The summed E-state index contributed by atoms with van der Waals surface area (Å²) in [6.45, 7) is 2.07. The maximum Gasteiger partial charge on any atom is 0.141 e. The van der Waals surface area contributed by atoms with Crippen LogP contribution in [0.2, 0.25) is 0 Å². The second kappa shape index (κ2) is 5.81. The molecule has 1 aliphatic rings. The molecule has 0 N–H and O–H groups in total. The van der Waals surface area contributed by atoms with Gasteiger partial charge in [0.1, 0.15) is 5.78 Å². The first-order valence-corrected chi connectivity index (χ1v) is 6.49. The molecule has 0 bridgehead atoms. The zero-order valence-corrected chi connectivity index (χ0v) is 10.5. The second-order valence-electron chi connectivity index (χ2n) is 4.99. The molecule has 0 aliphatic heterocycles. The summed E-state index contributed by atoms with van der Waals surface area (Å²) in [7, 11) is 0. The van der Waals surface area contributed by atoms with Crippen LogP contribution >= 0.6 is 0 Å². The topological polar surface area (TPSA) is 17.1 Å². The van der Waals surface area contributed by atoms with E-state index in [4.69, 9.17) is 0 Å². The minimum absolute atomic E-state index is 0.351. The number of hydrogen-bond acceptors (Lipinski definition) is 1. The Morgan fingerprint density at radius 1 is 1.24 bits per heavy atom. The molecule has 0 amide bonds. The average Bonchev–Trinajstić information content (AvgIpc) is 2.30. The maximum atomic E-state index is 12.0. The normalized spacial score (nSPS) is 15.5. The quantitative estimate of drug-likeness (QED) is 0.712. The van der Waals surface area contributed by atoms with Crippen LogP contribution in [0, 0.1) is 6.92 Å². The van der Waals surface area contributed by atoms with Crippen LogP contribution in [0.4, 0.5) is 0 Å². The Balaban J connectivity index is 1.91. The highest BCUT2D eigenvalue weighted by Gasteiger charge is 2.09. The van der Waals surface area contributed by atoms with E-state index in [1.165, 1.54) is 24.0 Å². The lowest BCUT2D eigenvalue weighted by atomic mass is 9.94. The largest absolute Gasteiger partial charge is 0.299 e. The molecule has 0 aromatic heterocycles. The van der Waals surface area contributed by atoms with Crippen LogP contribution in [0.25, 0.3) is 0 Å². The van der Waals surface area contributed by atoms with Gasteiger partial charge in [-0.15, -0.1) is 0 Å². The van der Waals surface area contributed by atoms with E-state index in [2.05, 4.69) is 25.1 Å². The highest BCUT2D eigenvalue weighted by Crippen LogP contribution is 2.21. The number of hydrogen-bond donors (Lipinski definition) is 0. The van der Waals surface area contributed by atoms with Crippen LogP contribution in [0.15, 0.2) is 35.9 Å². The lowest BCUT2D eigenvalue weighted by Crippen LogP contribution is -2.05. The number of carbonyl (C=O) groups is 1. The van der Waals surface area contributed by atoms with Gasteiger partial charge >= 0.3 is 0 Å². The fourth-order valence-electron chi connectivity index (χ4n) is 2.43. The number of ketones is 1. The number of benzene rings is 1. The van der Waals surface area contributed by atoms with Crippen molar-refractivity contribution >= 4 is 5.78 Å². The van der Waals surface area contributed by atoms with Crippen LogP contribution in [-0.2, 0) is 11.2 Å². The van der Waals surface area contributed by atoms with Gasteiger partial charge in [0.05, 0.1) is 0 Å². The first-order chi connectivity index (χ1) is 8.24. The van der Waals surface area contributed by atoms with Crippen molar-refractivity contribution in [1.82, 2.24) is 0 Å². The summed E-state index contributed by atoms with van der Waals surface area (Å²) in [5.41, 5.74) is 3.73. The van der Waals surface area contributed by atoms with Crippen LogP contribution < -0.4 is 0 Å². The molecule has 0 spiro atoms. The molecular weight excluding hydrogens is 208 g/mol. The van der Waals surface area contributed by atoms with Gasteiger partial charge in [0.15, 0.2) is 0 Å². The Labute approximate surface area is 104 Å². The SMILES string of the molecule is Cc1cccc(CC(=O)CC2=CCCCC2)c1. The highest BCUT2D eigenvalue weighted by molar-refractivity contribution is 5.83. The minimum Gasteiger partial charge on any atom is -0.299 e. The molecule has 1 heteroatoms. The number of carbonyl (C=O) groups excluding carboxylic acids is 1. The van der Waals surface area contributed by atoms with Gasteiger partial charge in [-0.2, -0.15) is 0 Å². The Kier molecular flexibility index (Phi) is 4.13. The van der Waals surface area contributed by atoms with Crippen LogP contribution in [-0.4, -0.2) is 5.78 Å². The number of aryl methyl sites for hydroxylation is 1. The Morgan fingerprint density at radius 2 is 2.12 bits per heavy atom. The molecule has 1 aromatic carbocycles. The van der Waals surface area contributed by atoms with Crippen LogP contribution in [0.3, 0.4) is 0 Å². The van der Waals surface area contributed by atoms with Gasteiger partial charge in [0.25, 0.3) is 0 Å². The van der Waals surface area contributed by atoms with E-state index >= 15 is 0 Å². The van der Waals surface area contributed by atoms with E-state index in [1.54, 1.807) is 0 Å². The third kappa shape index (κ3) is 3.85. The first-order valence-electron chi connectivity index (χ1n) is 6.49. The van der Waals surface area contributed by atoms with Crippen LogP contribution in [0.1, 0.15) is 43.2 Å². The van der Waals surface area contributed by atoms with Gasteiger partial charge < -0.3 is 0 Å². The number of allylic oxidation sites excluding steroid dienone is 2. The predicted octanol–water partition coefficient (Wildman–Crippen LogP) is 4.00. The van der Waals surface area contributed by atoms with E-state index < -0.39 is 0 Å². The number of rotatable bonds is 4. The molecule has 1 nitrogen and oxygen atoms in total. The fourth-order valence-corrected chi connectivity index (χ4v) is 2.43. The molecule has 0 heterocycles. The summed E-state index contributed by atoms with van der Waals surface area (Å²) in [6, 6.07) is 8.24. The fraction of sp³-hybridized carbons (Fsp3) is 0.438. The monoisotopic (exact) mass is 228 g/mol. The van der Waals surface area contributed by atoms with Gasteiger partial charge in [-0.25, -0.2) is 0 Å². The third-order valence-corrected chi connectivity index (χ3v) is 3.29. The highest BCUT2D eigenvalue weighted by atomic mass is 16.1. The molecule has 0 fully saturated rings. The van der Waals surface area contributed by atoms with Crippen molar-refractivity contribution in [3.05, 3.63) is 47.0 Å². The van der Waals surface area contributed by atoms with Gasteiger partial charge in [0, 0.05) is 12.8 Å². The van der Waals surface area contributed by atoms with Crippen molar-refractivity contribution in [3.8, 4) is 0 Å². The summed E-state index contributed by atoms with van der Waals surface area (Å²) < 4.78 is 0. The van der Waals surface area contributed by atoms with Crippen molar-refractivity contribution < 1.29 is 4.79 Å². The van der Waals surface area contributed by atoms with Crippen molar-refractivity contribution in [2.75, 3.05) is 0 Å². The van der Waals surface area contributed by atoms with Crippen molar-refractivity contribution in [2.45, 2.75) is 45.4 Å². The number of Topliss-reactive ketones (excluding diaryl/α,β-unsaturated/α-hetero) is 1. The van der Waals surface area contributed by atoms with Crippen molar-refractivity contribution in [1.29, 1.82) is 0 Å². The summed E-state index contributed by atoms with van der Waals surface area (Å²) in [4.78, 5) is 12.0. The molecule has 1 aliphatic carbocycles. The summed E-state index contributed by atoms with van der Waals surface area (Å²) >= 11 is 0. The Bertz CT molecular complexity index is 429. The Hall–Kier alpha value is -1.37. The predicted molar refractivity (Wildman–Crippen MR) is 71.1 cm³/mol. The average molecular weight is 228 g/mol.